The van der Waals surface area contributed by atoms with Crippen molar-refractivity contribution in [3.8, 4) is 11.1 Å². The summed E-state index contributed by atoms with van der Waals surface area (Å²) in [7, 11) is 0. The number of aliphatic carboxylic acids is 1. The van der Waals surface area contributed by atoms with Gasteiger partial charge in [-0.3, -0.25) is 28.8 Å². The number of anilines is 1. The van der Waals surface area contributed by atoms with Gasteiger partial charge in [-0.15, -0.1) is 11.3 Å². The number of aliphatic hydroxyl groups excluding tert-OH is 2. The molecule has 0 spiro atoms. The maximum Gasteiger partial charge on any atom is 0.307 e. The first-order valence-electron chi connectivity index (χ1n) is 19.1. The van der Waals surface area contributed by atoms with Gasteiger partial charge in [0, 0.05) is 29.8 Å². The van der Waals surface area contributed by atoms with Crippen molar-refractivity contribution in [3.05, 3.63) is 148 Å². The van der Waals surface area contributed by atoms with Crippen molar-refractivity contribution < 1.29 is 44.1 Å². The molecule has 13 nitrogen and oxygen atoms in total. The van der Waals surface area contributed by atoms with Gasteiger partial charge in [-0.25, -0.2) is 0 Å². The summed E-state index contributed by atoms with van der Waals surface area (Å²) >= 11 is 1.30. The summed E-state index contributed by atoms with van der Waals surface area (Å²) in [5.41, 5.74) is 3.95. The number of benzene rings is 4. The first-order chi connectivity index (χ1) is 28.4. The Balaban J connectivity index is 1.37. The SMILES string of the molecule is O=C(O)[C@@H]1CC(=O)[C@@H](Cc2ccccc2)NC(=O)[C@H](Cc2ccc(-c3ccccc3)cc2)NC(=O)[C@@H](Cc2cccs2)NC(=O)[C@H](O)[C@@H](O)C(=O)Nc2ccc(cc2)C1. The Morgan fingerprint density at radius 1 is 0.559 bits per heavy atom. The topological polar surface area (TPSA) is 211 Å². The Morgan fingerprint density at radius 3 is 1.73 bits per heavy atom. The molecule has 0 radical (unpaired) electrons. The van der Waals surface area contributed by atoms with E-state index in [1.165, 1.54) is 23.5 Å². The number of ketones is 1. The second-order valence-electron chi connectivity index (χ2n) is 14.4. The Kier molecular flexibility index (Phi) is 14.1. The van der Waals surface area contributed by atoms with Crippen LogP contribution in [0, 0.1) is 5.92 Å². The molecular weight excluding hydrogens is 773 g/mol. The standard InChI is InChI=1S/C45H44N4O9S/c50-38-25-32(45(57)58)22-28-15-19-33(20-16-28)46-43(55)39(51)40(52)44(56)49-37(26-34-12-7-21-59-34)42(54)48-36(41(53)47-35(38)23-27-8-3-1-4-9-27)24-29-13-17-31(18-14-29)30-10-5-2-6-11-30/h1-21,32,35-37,39-40,51-52H,22-26H2,(H,46,55)(H,47,53)(H,48,54)(H,49,56)(H,57,58)/t32-,35+,36-,37+,39+,40+/m0/s1. The van der Waals surface area contributed by atoms with Crippen molar-refractivity contribution >= 4 is 52.4 Å². The first-order valence-corrected chi connectivity index (χ1v) is 19.9. The number of aliphatic hydroxyl groups is 2. The monoisotopic (exact) mass is 816 g/mol. The second kappa shape index (κ2) is 19.8. The fourth-order valence-electron chi connectivity index (χ4n) is 6.79. The number of Topliss-reactive ketones (excluding diaryl/α,β-unsaturated/α-hetero) is 1. The number of amides is 4. The van der Waals surface area contributed by atoms with Gasteiger partial charge in [-0.2, -0.15) is 0 Å². The highest BCUT2D eigenvalue weighted by Gasteiger charge is 2.36. The fourth-order valence-corrected chi connectivity index (χ4v) is 7.54. The number of fused-ring (bicyclic) bond motifs is 18. The van der Waals surface area contributed by atoms with Gasteiger partial charge in [0.25, 0.3) is 11.8 Å². The van der Waals surface area contributed by atoms with Crippen LogP contribution in [-0.2, 0) is 54.5 Å². The Labute approximate surface area is 344 Å². The van der Waals surface area contributed by atoms with Crippen LogP contribution in [0.3, 0.4) is 0 Å². The molecule has 0 fully saturated rings. The van der Waals surface area contributed by atoms with Crippen LogP contribution < -0.4 is 21.3 Å². The van der Waals surface area contributed by atoms with Crippen LogP contribution in [0.2, 0.25) is 0 Å². The van der Waals surface area contributed by atoms with E-state index in [1.807, 2.05) is 54.6 Å². The van der Waals surface area contributed by atoms with Gasteiger partial charge >= 0.3 is 5.97 Å². The summed E-state index contributed by atoms with van der Waals surface area (Å²) in [6, 6.07) is 31.5. The number of hydrogen-bond donors (Lipinski definition) is 7. The first kappa shape index (κ1) is 42.1. The number of rotatable bonds is 8. The molecule has 2 bridgehead atoms. The van der Waals surface area contributed by atoms with Crippen LogP contribution in [0.15, 0.2) is 127 Å². The molecule has 4 amide bonds. The molecule has 304 valence electrons. The van der Waals surface area contributed by atoms with E-state index < -0.39 is 78.1 Å². The zero-order valence-electron chi connectivity index (χ0n) is 31.8. The van der Waals surface area contributed by atoms with Crippen LogP contribution in [0.1, 0.15) is 28.0 Å². The van der Waals surface area contributed by atoms with E-state index in [2.05, 4.69) is 21.3 Å². The third-order valence-corrected chi connectivity index (χ3v) is 11.0. The average Bonchev–Trinajstić information content (AvgIpc) is 3.76. The van der Waals surface area contributed by atoms with Crippen molar-refractivity contribution in [2.45, 2.75) is 62.4 Å². The van der Waals surface area contributed by atoms with E-state index in [-0.39, 0.29) is 31.4 Å². The van der Waals surface area contributed by atoms with Crippen molar-refractivity contribution in [3.63, 3.8) is 0 Å². The molecule has 0 saturated heterocycles. The molecule has 4 aromatic carbocycles. The predicted molar refractivity (Wildman–Crippen MR) is 221 cm³/mol. The van der Waals surface area contributed by atoms with Gasteiger partial charge in [0.1, 0.15) is 12.1 Å². The minimum absolute atomic E-state index is 0.0376. The smallest absolute Gasteiger partial charge is 0.307 e. The van der Waals surface area contributed by atoms with Crippen molar-refractivity contribution in [2.24, 2.45) is 5.92 Å². The predicted octanol–water partition coefficient (Wildman–Crippen LogP) is 3.47. The number of nitrogens with one attached hydrogen (secondary N) is 4. The number of carboxylic acids is 1. The minimum atomic E-state index is -2.29. The minimum Gasteiger partial charge on any atom is -0.481 e. The summed E-state index contributed by atoms with van der Waals surface area (Å²) in [5.74, 6) is -6.82. The van der Waals surface area contributed by atoms with Crippen LogP contribution >= 0.6 is 11.3 Å². The van der Waals surface area contributed by atoms with E-state index in [9.17, 15) is 44.1 Å². The molecule has 1 aromatic heterocycles. The van der Waals surface area contributed by atoms with E-state index in [0.717, 1.165) is 11.1 Å². The van der Waals surface area contributed by atoms with E-state index >= 15 is 0 Å². The summed E-state index contributed by atoms with van der Waals surface area (Å²) < 4.78 is 0. The van der Waals surface area contributed by atoms with Gasteiger partial charge in [0.05, 0.1) is 12.0 Å². The zero-order chi connectivity index (χ0) is 41.9. The summed E-state index contributed by atoms with van der Waals surface area (Å²) in [6.07, 6.45) is -5.10. The number of hydrogen-bond acceptors (Lipinski definition) is 9. The molecule has 0 aliphatic carbocycles. The zero-order valence-corrected chi connectivity index (χ0v) is 32.6. The molecule has 3 heterocycles. The highest BCUT2D eigenvalue weighted by atomic mass is 32.1. The summed E-state index contributed by atoms with van der Waals surface area (Å²) in [4.78, 5) is 82.2. The highest BCUT2D eigenvalue weighted by molar-refractivity contribution is 7.09. The van der Waals surface area contributed by atoms with Crippen LogP contribution in [0.5, 0.6) is 0 Å². The lowest BCUT2D eigenvalue weighted by Gasteiger charge is -2.26. The number of thiophene rings is 1. The molecule has 6 atom stereocenters. The number of carbonyl (C=O) groups excluding carboxylic acids is 5. The molecule has 2 aliphatic heterocycles. The van der Waals surface area contributed by atoms with Gasteiger partial charge in [0.15, 0.2) is 18.0 Å². The van der Waals surface area contributed by atoms with E-state index in [4.69, 9.17) is 0 Å². The van der Waals surface area contributed by atoms with Crippen molar-refractivity contribution in [1.29, 1.82) is 0 Å². The van der Waals surface area contributed by atoms with Gasteiger partial charge < -0.3 is 36.6 Å². The van der Waals surface area contributed by atoms with Gasteiger partial charge in [-0.1, -0.05) is 103 Å². The lowest BCUT2D eigenvalue weighted by molar-refractivity contribution is -0.145. The molecule has 0 saturated carbocycles. The normalized spacial score (nSPS) is 22.3. The second-order valence-corrected chi connectivity index (χ2v) is 15.4. The highest BCUT2D eigenvalue weighted by Crippen LogP contribution is 2.22. The number of carbonyl (C=O) groups is 6. The van der Waals surface area contributed by atoms with Gasteiger partial charge in [0.2, 0.25) is 11.8 Å². The molecule has 7 rings (SSSR count). The van der Waals surface area contributed by atoms with Crippen LogP contribution in [0.4, 0.5) is 5.69 Å². The van der Waals surface area contributed by atoms with Crippen molar-refractivity contribution in [2.75, 3.05) is 5.32 Å². The Bertz CT molecular complexity index is 2230. The molecule has 7 N–H and O–H groups in total. The van der Waals surface area contributed by atoms with Gasteiger partial charge in [-0.05, 0) is 64.2 Å². The molecule has 0 unspecified atom stereocenters. The van der Waals surface area contributed by atoms with Crippen LogP contribution in [0.25, 0.3) is 11.1 Å². The Morgan fingerprint density at radius 2 is 1.10 bits per heavy atom. The third kappa shape index (κ3) is 11.6. The lowest BCUT2D eigenvalue weighted by Crippen LogP contribution is -2.58. The molecular formula is C45H44N4O9S. The third-order valence-electron chi connectivity index (χ3n) is 10.1. The quantitative estimate of drug-likeness (QED) is 0.114. The lowest BCUT2D eigenvalue weighted by atomic mass is 9.90. The van der Waals surface area contributed by atoms with Crippen LogP contribution in [-0.4, -0.2) is 81.0 Å². The number of carboxylic acid groups (broad SMARTS) is 1. The van der Waals surface area contributed by atoms with E-state index in [0.29, 0.717) is 21.6 Å². The molecule has 14 heteroatoms. The Hall–Kier alpha value is -6.48. The van der Waals surface area contributed by atoms with Crippen molar-refractivity contribution in [1.82, 2.24) is 16.0 Å². The maximum absolute atomic E-state index is 14.4. The average molecular weight is 817 g/mol. The maximum atomic E-state index is 14.4. The molecule has 5 aromatic rings. The summed E-state index contributed by atoms with van der Waals surface area (Å²) in [5, 5.41) is 43.9. The molecule has 2 aliphatic rings. The largest absolute Gasteiger partial charge is 0.481 e. The fraction of sp³-hybridized carbons (Fsp3) is 0.244. The van der Waals surface area contributed by atoms with E-state index in [1.54, 1.807) is 60.0 Å². The molecule has 59 heavy (non-hydrogen) atoms. The summed E-state index contributed by atoms with van der Waals surface area (Å²) in [6.45, 7) is 0.